The van der Waals surface area contributed by atoms with Gasteiger partial charge < -0.3 is 9.32 Å². The molecule has 0 saturated carbocycles. The zero-order chi connectivity index (χ0) is 20.5. The third-order valence-corrected chi connectivity index (χ3v) is 3.98. The Hall–Kier alpha value is -3.17. The summed E-state index contributed by atoms with van der Waals surface area (Å²) >= 11 is 0. The van der Waals surface area contributed by atoms with E-state index in [9.17, 15) is 26.7 Å². The van der Waals surface area contributed by atoms with E-state index >= 15 is 0 Å². The Balaban J connectivity index is 1.78. The van der Waals surface area contributed by atoms with Gasteiger partial charge in [-0.2, -0.15) is 22.0 Å². The second-order valence-electron chi connectivity index (χ2n) is 5.93. The highest BCUT2D eigenvalue weighted by Crippen LogP contribution is 2.32. The van der Waals surface area contributed by atoms with Crippen molar-refractivity contribution in [2.24, 2.45) is 0 Å². The van der Waals surface area contributed by atoms with Crippen LogP contribution in [0.1, 0.15) is 28.5 Å². The molecule has 1 aromatic carbocycles. The SMILES string of the molecule is CN(Cc1nccn1C(F)F)C(=O)c1ccc(-c2cccc(C(F)(F)F)c2)o1. The summed E-state index contributed by atoms with van der Waals surface area (Å²) in [5, 5.41) is 0. The molecule has 0 atom stereocenters. The lowest BCUT2D eigenvalue weighted by molar-refractivity contribution is -0.137. The molecule has 0 unspecified atom stereocenters. The minimum absolute atomic E-state index is 0.0180. The van der Waals surface area contributed by atoms with Crippen molar-refractivity contribution in [1.82, 2.24) is 14.5 Å². The Morgan fingerprint density at radius 1 is 1.25 bits per heavy atom. The van der Waals surface area contributed by atoms with Crippen LogP contribution in [0.2, 0.25) is 0 Å². The number of nitrogens with zero attached hydrogens (tertiary/aromatic N) is 3. The molecule has 0 bridgehead atoms. The van der Waals surface area contributed by atoms with Gasteiger partial charge in [0, 0.05) is 25.0 Å². The molecule has 0 aliphatic heterocycles. The van der Waals surface area contributed by atoms with Crippen LogP contribution in [0.3, 0.4) is 0 Å². The number of halogens is 5. The van der Waals surface area contributed by atoms with E-state index in [0.29, 0.717) is 4.57 Å². The third kappa shape index (κ3) is 4.05. The second-order valence-corrected chi connectivity index (χ2v) is 5.93. The standard InChI is InChI=1S/C18H14F5N3O2/c1-25(10-15-24-7-8-26(15)17(19)20)16(27)14-6-5-13(28-14)11-3-2-4-12(9-11)18(21,22)23/h2-9,17H,10H2,1H3. The van der Waals surface area contributed by atoms with Gasteiger partial charge in [-0.05, 0) is 24.3 Å². The van der Waals surface area contributed by atoms with Gasteiger partial charge in [-0.25, -0.2) is 4.98 Å². The lowest BCUT2D eigenvalue weighted by Gasteiger charge is -2.16. The Labute approximate surface area is 156 Å². The zero-order valence-electron chi connectivity index (χ0n) is 14.5. The molecule has 0 spiro atoms. The Morgan fingerprint density at radius 3 is 2.68 bits per heavy atom. The molecule has 2 heterocycles. The van der Waals surface area contributed by atoms with Crippen LogP contribution in [0.15, 0.2) is 53.2 Å². The molecule has 0 radical (unpaired) electrons. The first-order chi connectivity index (χ1) is 13.2. The maximum atomic E-state index is 12.9. The molecule has 28 heavy (non-hydrogen) atoms. The number of hydrogen-bond acceptors (Lipinski definition) is 3. The van der Waals surface area contributed by atoms with Crippen LogP contribution < -0.4 is 0 Å². The van der Waals surface area contributed by atoms with Crippen LogP contribution in [0, 0.1) is 0 Å². The molecule has 5 nitrogen and oxygen atoms in total. The number of aromatic nitrogens is 2. The summed E-state index contributed by atoms with van der Waals surface area (Å²) in [5.41, 5.74) is -0.685. The zero-order valence-corrected chi connectivity index (χ0v) is 14.5. The minimum atomic E-state index is -4.51. The van der Waals surface area contributed by atoms with Gasteiger partial charge in [-0.3, -0.25) is 9.36 Å². The molecular weight excluding hydrogens is 385 g/mol. The van der Waals surface area contributed by atoms with Crippen molar-refractivity contribution < 1.29 is 31.2 Å². The van der Waals surface area contributed by atoms with Gasteiger partial charge in [0.1, 0.15) is 11.6 Å². The molecule has 0 fully saturated rings. The first-order valence-corrected chi connectivity index (χ1v) is 7.99. The fraction of sp³-hybridized carbons (Fsp3) is 0.222. The van der Waals surface area contributed by atoms with E-state index in [1.807, 2.05) is 0 Å². The first-order valence-electron chi connectivity index (χ1n) is 7.99. The number of imidazole rings is 1. The van der Waals surface area contributed by atoms with E-state index < -0.39 is 24.2 Å². The Morgan fingerprint density at radius 2 is 2.00 bits per heavy atom. The topological polar surface area (TPSA) is 51.3 Å². The van der Waals surface area contributed by atoms with E-state index in [0.717, 1.165) is 23.2 Å². The average molecular weight is 399 g/mol. The largest absolute Gasteiger partial charge is 0.451 e. The lowest BCUT2D eigenvalue weighted by atomic mass is 10.1. The molecule has 0 aliphatic rings. The van der Waals surface area contributed by atoms with Crippen molar-refractivity contribution in [2.45, 2.75) is 19.3 Å². The molecule has 10 heteroatoms. The third-order valence-electron chi connectivity index (χ3n) is 3.98. The maximum Gasteiger partial charge on any atom is 0.416 e. The average Bonchev–Trinajstić information content (AvgIpc) is 3.30. The number of alkyl halides is 5. The highest BCUT2D eigenvalue weighted by molar-refractivity contribution is 5.91. The number of rotatable bonds is 5. The number of amides is 1. The van der Waals surface area contributed by atoms with Gasteiger partial charge in [0.05, 0.1) is 12.1 Å². The normalized spacial score (nSPS) is 11.8. The predicted octanol–water partition coefficient (Wildman–Crippen LogP) is 4.83. The quantitative estimate of drug-likeness (QED) is 0.578. The Kier molecular flexibility index (Phi) is 5.21. The maximum absolute atomic E-state index is 12.9. The van der Waals surface area contributed by atoms with Crippen LogP contribution in [-0.4, -0.2) is 27.4 Å². The number of carbonyl (C=O) groups is 1. The molecule has 2 aromatic heterocycles. The molecule has 0 saturated heterocycles. The minimum Gasteiger partial charge on any atom is -0.451 e. The van der Waals surface area contributed by atoms with Crippen molar-refractivity contribution in [1.29, 1.82) is 0 Å². The van der Waals surface area contributed by atoms with Gasteiger partial charge in [-0.15, -0.1) is 0 Å². The van der Waals surface area contributed by atoms with E-state index in [1.54, 1.807) is 0 Å². The Bertz CT molecular complexity index is 978. The van der Waals surface area contributed by atoms with Gasteiger partial charge in [0.2, 0.25) is 0 Å². The lowest BCUT2D eigenvalue weighted by Crippen LogP contribution is -2.27. The highest BCUT2D eigenvalue weighted by Gasteiger charge is 2.30. The predicted molar refractivity (Wildman–Crippen MR) is 88.4 cm³/mol. The van der Waals surface area contributed by atoms with E-state index in [4.69, 9.17) is 4.42 Å². The molecule has 3 rings (SSSR count). The molecule has 0 N–H and O–H groups in total. The summed E-state index contributed by atoms with van der Waals surface area (Å²) in [4.78, 5) is 17.4. The van der Waals surface area contributed by atoms with Gasteiger partial charge >= 0.3 is 12.7 Å². The number of benzene rings is 1. The summed E-state index contributed by atoms with van der Waals surface area (Å²) in [6.07, 6.45) is -2.22. The van der Waals surface area contributed by atoms with Crippen molar-refractivity contribution in [3.63, 3.8) is 0 Å². The summed E-state index contributed by atoms with van der Waals surface area (Å²) in [7, 11) is 1.37. The number of hydrogen-bond donors (Lipinski definition) is 0. The van der Waals surface area contributed by atoms with Crippen LogP contribution in [0.4, 0.5) is 22.0 Å². The monoisotopic (exact) mass is 399 g/mol. The van der Waals surface area contributed by atoms with Gasteiger partial charge in [0.25, 0.3) is 5.91 Å². The van der Waals surface area contributed by atoms with Crippen molar-refractivity contribution in [3.05, 3.63) is 65.9 Å². The fourth-order valence-electron chi connectivity index (χ4n) is 2.57. The first kappa shape index (κ1) is 19.6. The summed E-state index contributed by atoms with van der Waals surface area (Å²) in [6, 6.07) is 7.18. The van der Waals surface area contributed by atoms with Crippen LogP contribution in [0.25, 0.3) is 11.3 Å². The summed E-state index contributed by atoms with van der Waals surface area (Å²) in [5.74, 6) is -0.695. The molecular formula is C18H14F5N3O2. The van der Waals surface area contributed by atoms with Crippen LogP contribution in [0.5, 0.6) is 0 Å². The van der Waals surface area contributed by atoms with Crippen molar-refractivity contribution in [2.75, 3.05) is 7.05 Å². The summed E-state index contributed by atoms with van der Waals surface area (Å²) in [6.45, 7) is -2.99. The van der Waals surface area contributed by atoms with Crippen molar-refractivity contribution >= 4 is 5.91 Å². The van der Waals surface area contributed by atoms with Crippen LogP contribution >= 0.6 is 0 Å². The van der Waals surface area contributed by atoms with E-state index in [2.05, 4.69) is 4.98 Å². The fourth-order valence-corrected chi connectivity index (χ4v) is 2.57. The number of carbonyl (C=O) groups excluding carboxylic acids is 1. The molecule has 3 aromatic rings. The second kappa shape index (κ2) is 7.45. The van der Waals surface area contributed by atoms with Crippen LogP contribution in [-0.2, 0) is 12.7 Å². The van der Waals surface area contributed by atoms with E-state index in [1.165, 1.54) is 37.5 Å². The number of furan rings is 1. The van der Waals surface area contributed by atoms with Gasteiger partial charge in [-0.1, -0.05) is 12.1 Å². The highest BCUT2D eigenvalue weighted by atomic mass is 19.4. The van der Waals surface area contributed by atoms with Crippen molar-refractivity contribution in [3.8, 4) is 11.3 Å². The smallest absolute Gasteiger partial charge is 0.416 e. The molecule has 148 valence electrons. The van der Waals surface area contributed by atoms with E-state index in [-0.39, 0.29) is 29.5 Å². The summed E-state index contributed by atoms with van der Waals surface area (Å²) < 4.78 is 70.3. The molecule has 1 amide bonds. The van der Waals surface area contributed by atoms with Gasteiger partial charge in [0.15, 0.2) is 5.76 Å². The molecule has 0 aliphatic carbocycles.